The van der Waals surface area contributed by atoms with Crippen LogP contribution in [0.2, 0.25) is 0 Å². The monoisotopic (exact) mass is 381 g/mol. The summed E-state index contributed by atoms with van der Waals surface area (Å²) in [6.45, 7) is 1.52. The number of carbonyl (C=O) groups excluding carboxylic acids is 1. The molecule has 0 spiro atoms. The highest BCUT2D eigenvalue weighted by Crippen LogP contribution is 2.24. The van der Waals surface area contributed by atoms with E-state index < -0.39 is 24.7 Å². The number of piperazine rings is 1. The van der Waals surface area contributed by atoms with Gasteiger partial charge in [0.15, 0.2) is 0 Å². The quantitative estimate of drug-likeness (QED) is 0.789. The van der Waals surface area contributed by atoms with Gasteiger partial charge >= 0.3 is 6.18 Å². The lowest BCUT2D eigenvalue weighted by atomic mass is 10.1. The van der Waals surface area contributed by atoms with Crippen molar-refractivity contribution < 1.29 is 22.7 Å². The third kappa shape index (κ3) is 6.47. The number of nitrogens with zero attached hydrogens (tertiary/aromatic N) is 1. The number of hydrogen-bond acceptors (Lipinski definition) is 4. The first kappa shape index (κ1) is 21.7. The summed E-state index contributed by atoms with van der Waals surface area (Å²) >= 11 is 0. The maximum atomic E-state index is 13.3. The molecule has 1 atom stereocenters. The Morgan fingerprint density at radius 1 is 1.36 bits per heavy atom. The van der Waals surface area contributed by atoms with Gasteiger partial charge in [-0.3, -0.25) is 9.69 Å². The van der Waals surface area contributed by atoms with Gasteiger partial charge in [-0.15, -0.1) is 12.4 Å². The predicted molar refractivity (Wildman–Crippen MR) is 91.0 cm³/mol. The molecule has 1 amide bonds. The Balaban J connectivity index is 0.00000312. The van der Waals surface area contributed by atoms with E-state index in [2.05, 4.69) is 10.6 Å². The zero-order valence-corrected chi connectivity index (χ0v) is 14.8. The molecule has 9 heteroatoms. The van der Waals surface area contributed by atoms with Crippen LogP contribution in [-0.4, -0.2) is 62.9 Å². The third-order valence-corrected chi connectivity index (χ3v) is 3.93. The number of carbonyl (C=O) groups is 1. The molecule has 1 aromatic rings. The first-order chi connectivity index (χ1) is 11.4. The SMILES string of the molecule is COCc1cccc(C(=O)NCC(N2CCNCC2)C(F)(F)F)c1.Cl. The fourth-order valence-electron chi connectivity index (χ4n) is 2.71. The second-order valence-electron chi connectivity index (χ2n) is 5.69. The predicted octanol–water partition coefficient (Wildman–Crippen LogP) is 1.82. The molecule has 0 saturated carbocycles. The number of methoxy groups -OCH3 is 1. The van der Waals surface area contributed by atoms with Gasteiger partial charge in [0, 0.05) is 45.4 Å². The lowest BCUT2D eigenvalue weighted by molar-refractivity contribution is -0.183. The molecule has 0 radical (unpaired) electrons. The minimum Gasteiger partial charge on any atom is -0.380 e. The molecular formula is C16H23ClF3N3O2. The molecule has 142 valence electrons. The minimum absolute atomic E-state index is 0. The Kier molecular flexibility index (Phi) is 8.64. The van der Waals surface area contributed by atoms with Gasteiger partial charge in [-0.1, -0.05) is 12.1 Å². The summed E-state index contributed by atoms with van der Waals surface area (Å²) in [5.74, 6) is -0.516. The highest BCUT2D eigenvalue weighted by atomic mass is 35.5. The van der Waals surface area contributed by atoms with Crippen LogP contribution >= 0.6 is 12.4 Å². The van der Waals surface area contributed by atoms with Gasteiger partial charge in [0.2, 0.25) is 0 Å². The Labute approximate surface area is 151 Å². The molecule has 0 aromatic heterocycles. The molecule has 0 bridgehead atoms. The van der Waals surface area contributed by atoms with Gasteiger partial charge in [0.05, 0.1) is 6.61 Å². The number of rotatable bonds is 6. The number of halogens is 4. The summed E-state index contributed by atoms with van der Waals surface area (Å²) < 4.78 is 44.9. The molecule has 2 N–H and O–H groups in total. The highest BCUT2D eigenvalue weighted by molar-refractivity contribution is 5.94. The molecule has 1 heterocycles. The average molecular weight is 382 g/mol. The lowest BCUT2D eigenvalue weighted by Crippen LogP contribution is -2.57. The highest BCUT2D eigenvalue weighted by Gasteiger charge is 2.43. The number of alkyl halides is 3. The Morgan fingerprint density at radius 3 is 2.64 bits per heavy atom. The van der Waals surface area contributed by atoms with E-state index in [-0.39, 0.29) is 12.4 Å². The second kappa shape index (κ2) is 9.96. The van der Waals surface area contributed by atoms with Crippen molar-refractivity contribution in [2.75, 3.05) is 39.8 Å². The fourth-order valence-corrected chi connectivity index (χ4v) is 2.71. The fraction of sp³-hybridized carbons (Fsp3) is 0.562. The van der Waals surface area contributed by atoms with Crippen molar-refractivity contribution in [2.45, 2.75) is 18.8 Å². The third-order valence-electron chi connectivity index (χ3n) is 3.93. The van der Waals surface area contributed by atoms with E-state index in [1.807, 2.05) is 0 Å². The van der Waals surface area contributed by atoms with E-state index in [0.717, 1.165) is 5.56 Å². The van der Waals surface area contributed by atoms with Crippen LogP contribution in [0.25, 0.3) is 0 Å². The summed E-state index contributed by atoms with van der Waals surface area (Å²) in [7, 11) is 1.54. The summed E-state index contributed by atoms with van der Waals surface area (Å²) in [5, 5.41) is 5.43. The summed E-state index contributed by atoms with van der Waals surface area (Å²) in [6.07, 6.45) is -4.39. The van der Waals surface area contributed by atoms with Crippen LogP contribution in [-0.2, 0) is 11.3 Å². The van der Waals surface area contributed by atoms with Crippen molar-refractivity contribution in [3.05, 3.63) is 35.4 Å². The molecule has 1 aliphatic heterocycles. The average Bonchev–Trinajstić information content (AvgIpc) is 2.55. The van der Waals surface area contributed by atoms with Crippen LogP contribution in [0.15, 0.2) is 24.3 Å². The van der Waals surface area contributed by atoms with Crippen LogP contribution in [0.5, 0.6) is 0 Å². The molecule has 5 nitrogen and oxygen atoms in total. The molecule has 1 aliphatic rings. The normalized spacial score (nSPS) is 16.8. The zero-order chi connectivity index (χ0) is 17.6. The van der Waals surface area contributed by atoms with E-state index in [4.69, 9.17) is 4.74 Å². The van der Waals surface area contributed by atoms with E-state index in [1.165, 1.54) is 12.0 Å². The molecule has 1 unspecified atom stereocenters. The standard InChI is InChI=1S/C16H22F3N3O2.ClH/c1-24-11-12-3-2-4-13(9-12)15(23)21-10-14(16(17,18)19)22-7-5-20-6-8-22;/h2-4,9,14,20H,5-8,10-11H2,1H3,(H,21,23);1H. The summed E-state index contributed by atoms with van der Waals surface area (Å²) in [5.41, 5.74) is 1.12. The van der Waals surface area contributed by atoms with Gasteiger partial charge < -0.3 is 15.4 Å². The van der Waals surface area contributed by atoms with Crippen molar-refractivity contribution in [3.8, 4) is 0 Å². The van der Waals surface area contributed by atoms with Gasteiger partial charge in [-0.05, 0) is 17.7 Å². The maximum Gasteiger partial charge on any atom is 0.405 e. The lowest BCUT2D eigenvalue weighted by Gasteiger charge is -2.35. The number of ether oxygens (including phenoxy) is 1. The Morgan fingerprint density at radius 2 is 2.04 bits per heavy atom. The molecule has 25 heavy (non-hydrogen) atoms. The van der Waals surface area contributed by atoms with Gasteiger partial charge in [0.1, 0.15) is 6.04 Å². The van der Waals surface area contributed by atoms with E-state index >= 15 is 0 Å². The first-order valence-corrected chi connectivity index (χ1v) is 7.79. The van der Waals surface area contributed by atoms with E-state index in [1.54, 1.807) is 24.3 Å². The number of nitrogens with one attached hydrogen (secondary N) is 2. The molecule has 0 aliphatic carbocycles. The number of amides is 1. The second-order valence-corrected chi connectivity index (χ2v) is 5.69. The summed E-state index contributed by atoms with van der Waals surface area (Å²) in [4.78, 5) is 13.5. The van der Waals surface area contributed by atoms with Gasteiger partial charge in [0.25, 0.3) is 5.91 Å². The van der Waals surface area contributed by atoms with Gasteiger partial charge in [-0.2, -0.15) is 13.2 Å². The van der Waals surface area contributed by atoms with Crippen molar-refractivity contribution in [1.29, 1.82) is 0 Å². The molecule has 1 saturated heterocycles. The smallest absolute Gasteiger partial charge is 0.380 e. The Bertz CT molecular complexity index is 552. The Hall–Kier alpha value is -1.35. The minimum atomic E-state index is -4.39. The number of hydrogen-bond donors (Lipinski definition) is 2. The van der Waals surface area contributed by atoms with Crippen molar-refractivity contribution in [3.63, 3.8) is 0 Å². The van der Waals surface area contributed by atoms with Gasteiger partial charge in [-0.25, -0.2) is 0 Å². The first-order valence-electron chi connectivity index (χ1n) is 7.79. The number of benzene rings is 1. The van der Waals surface area contributed by atoms with E-state index in [0.29, 0.717) is 38.3 Å². The van der Waals surface area contributed by atoms with Crippen LogP contribution < -0.4 is 10.6 Å². The molecule has 1 fully saturated rings. The zero-order valence-electron chi connectivity index (χ0n) is 13.9. The topological polar surface area (TPSA) is 53.6 Å². The van der Waals surface area contributed by atoms with Crippen LogP contribution in [0.4, 0.5) is 13.2 Å². The van der Waals surface area contributed by atoms with Crippen molar-refractivity contribution in [2.24, 2.45) is 0 Å². The molecular weight excluding hydrogens is 359 g/mol. The van der Waals surface area contributed by atoms with Crippen molar-refractivity contribution >= 4 is 18.3 Å². The van der Waals surface area contributed by atoms with Crippen LogP contribution in [0.1, 0.15) is 15.9 Å². The van der Waals surface area contributed by atoms with Crippen LogP contribution in [0.3, 0.4) is 0 Å². The molecule has 2 rings (SSSR count). The molecule has 1 aromatic carbocycles. The summed E-state index contributed by atoms with van der Waals surface area (Å²) in [6, 6.07) is 4.99. The van der Waals surface area contributed by atoms with Crippen LogP contribution in [0, 0.1) is 0 Å². The van der Waals surface area contributed by atoms with E-state index in [9.17, 15) is 18.0 Å². The van der Waals surface area contributed by atoms with Crippen molar-refractivity contribution in [1.82, 2.24) is 15.5 Å². The maximum absolute atomic E-state index is 13.3. The largest absolute Gasteiger partial charge is 0.405 e.